The van der Waals surface area contributed by atoms with Gasteiger partial charge in [-0.2, -0.15) is 0 Å². The van der Waals surface area contributed by atoms with Gasteiger partial charge in [-0.25, -0.2) is 0 Å². The smallest absolute Gasteiger partial charge is 0.268 e. The monoisotopic (exact) mass is 303 g/mol. The molecule has 2 N–H and O–H groups in total. The van der Waals surface area contributed by atoms with E-state index >= 15 is 0 Å². The van der Waals surface area contributed by atoms with Crippen LogP contribution in [0.4, 0.5) is 11.4 Å². The number of benzene rings is 1. The topological polar surface area (TPSA) is 75.9 Å². The molecule has 0 bridgehead atoms. The van der Waals surface area contributed by atoms with Gasteiger partial charge in [0.2, 0.25) is 5.91 Å². The van der Waals surface area contributed by atoms with E-state index < -0.39 is 6.10 Å². The van der Waals surface area contributed by atoms with Crippen molar-refractivity contribution in [3.8, 4) is 5.75 Å². The summed E-state index contributed by atoms with van der Waals surface area (Å²) in [5.74, 6) is 0.401. The van der Waals surface area contributed by atoms with Crippen LogP contribution in [0, 0.1) is 0 Å². The van der Waals surface area contributed by atoms with Crippen molar-refractivity contribution in [1.29, 1.82) is 0 Å². The van der Waals surface area contributed by atoms with Gasteiger partial charge in [-0.05, 0) is 31.4 Å². The van der Waals surface area contributed by atoms with Crippen LogP contribution in [-0.2, 0) is 9.59 Å². The number of nitrogen functional groups attached to an aromatic ring is 1. The van der Waals surface area contributed by atoms with Gasteiger partial charge < -0.3 is 15.4 Å². The van der Waals surface area contributed by atoms with E-state index in [1.807, 2.05) is 11.8 Å². The Morgan fingerprint density at radius 3 is 2.77 bits per heavy atom. The standard InChI is InChI=1S/C16H21N3O3/c1-2-13-16(21)19(10-15(20)18-7-3-4-8-18)12-6-5-11(17)9-14(12)22-13/h5-6,9,13H,2-4,7-8,10,17H2,1H3. The number of fused-ring (bicyclic) bond motifs is 1. The molecule has 3 rings (SSSR count). The fraction of sp³-hybridized carbons (Fsp3) is 0.500. The number of nitrogens with two attached hydrogens (primary N) is 1. The van der Waals surface area contributed by atoms with Gasteiger partial charge in [0.15, 0.2) is 6.10 Å². The molecule has 2 aliphatic heterocycles. The molecule has 118 valence electrons. The Morgan fingerprint density at radius 1 is 1.36 bits per heavy atom. The zero-order valence-electron chi connectivity index (χ0n) is 12.7. The molecule has 2 heterocycles. The van der Waals surface area contributed by atoms with Crippen LogP contribution in [0.1, 0.15) is 26.2 Å². The van der Waals surface area contributed by atoms with Crippen molar-refractivity contribution in [2.45, 2.75) is 32.3 Å². The third-order valence-corrected chi connectivity index (χ3v) is 4.21. The first kappa shape index (κ1) is 14.7. The number of hydrogen-bond acceptors (Lipinski definition) is 4. The maximum atomic E-state index is 12.6. The Kier molecular flexibility index (Phi) is 3.92. The summed E-state index contributed by atoms with van der Waals surface area (Å²) >= 11 is 0. The molecular weight excluding hydrogens is 282 g/mol. The number of likely N-dealkylation sites (tertiary alicyclic amines) is 1. The second kappa shape index (κ2) is 5.87. The molecule has 1 atom stereocenters. The van der Waals surface area contributed by atoms with E-state index in [9.17, 15) is 9.59 Å². The highest BCUT2D eigenvalue weighted by atomic mass is 16.5. The SMILES string of the molecule is CCC1Oc2cc(N)ccc2N(CC(=O)N2CCCC2)C1=O. The van der Waals surface area contributed by atoms with Crippen LogP contribution in [0.5, 0.6) is 5.75 Å². The van der Waals surface area contributed by atoms with E-state index in [2.05, 4.69) is 0 Å². The van der Waals surface area contributed by atoms with Gasteiger partial charge in [0.1, 0.15) is 12.3 Å². The predicted molar refractivity (Wildman–Crippen MR) is 83.7 cm³/mol. The van der Waals surface area contributed by atoms with Crippen molar-refractivity contribution in [2.75, 3.05) is 30.3 Å². The zero-order valence-corrected chi connectivity index (χ0v) is 12.7. The summed E-state index contributed by atoms with van der Waals surface area (Å²) < 4.78 is 5.72. The highest BCUT2D eigenvalue weighted by Gasteiger charge is 2.35. The largest absolute Gasteiger partial charge is 0.478 e. The minimum Gasteiger partial charge on any atom is -0.478 e. The number of carbonyl (C=O) groups is 2. The molecular formula is C16H21N3O3. The van der Waals surface area contributed by atoms with Crippen molar-refractivity contribution >= 4 is 23.2 Å². The summed E-state index contributed by atoms with van der Waals surface area (Å²) in [6.45, 7) is 3.52. The van der Waals surface area contributed by atoms with Gasteiger partial charge in [-0.15, -0.1) is 0 Å². The molecule has 2 aliphatic rings. The van der Waals surface area contributed by atoms with E-state index in [0.717, 1.165) is 25.9 Å². The number of anilines is 2. The molecule has 6 heteroatoms. The predicted octanol–water partition coefficient (Wildman–Crippen LogP) is 1.40. The molecule has 6 nitrogen and oxygen atoms in total. The van der Waals surface area contributed by atoms with Crippen LogP contribution in [0.25, 0.3) is 0 Å². The maximum Gasteiger partial charge on any atom is 0.268 e. The molecule has 1 saturated heterocycles. The average molecular weight is 303 g/mol. The second-order valence-corrected chi connectivity index (χ2v) is 5.75. The first-order valence-corrected chi connectivity index (χ1v) is 7.75. The Morgan fingerprint density at radius 2 is 2.09 bits per heavy atom. The molecule has 0 aromatic heterocycles. The maximum absolute atomic E-state index is 12.6. The fourth-order valence-electron chi connectivity index (χ4n) is 2.97. The lowest BCUT2D eigenvalue weighted by Crippen LogP contribution is -2.50. The summed E-state index contributed by atoms with van der Waals surface area (Å²) in [6.07, 6.45) is 2.07. The van der Waals surface area contributed by atoms with Crippen LogP contribution in [0.15, 0.2) is 18.2 Å². The molecule has 2 amide bonds. The molecule has 1 aromatic rings. The van der Waals surface area contributed by atoms with Crippen LogP contribution in [0.2, 0.25) is 0 Å². The lowest BCUT2D eigenvalue weighted by atomic mass is 10.1. The second-order valence-electron chi connectivity index (χ2n) is 5.75. The van der Waals surface area contributed by atoms with Gasteiger partial charge in [-0.3, -0.25) is 14.5 Å². The van der Waals surface area contributed by atoms with E-state index in [4.69, 9.17) is 10.5 Å². The van der Waals surface area contributed by atoms with Crippen molar-refractivity contribution < 1.29 is 14.3 Å². The van der Waals surface area contributed by atoms with Gasteiger partial charge in [0, 0.05) is 24.8 Å². The molecule has 0 spiro atoms. The number of nitrogens with zero attached hydrogens (tertiary/aromatic N) is 2. The average Bonchev–Trinajstić information content (AvgIpc) is 3.04. The van der Waals surface area contributed by atoms with Gasteiger partial charge >= 0.3 is 0 Å². The third-order valence-electron chi connectivity index (χ3n) is 4.21. The normalized spacial score (nSPS) is 20.8. The van der Waals surface area contributed by atoms with E-state index in [0.29, 0.717) is 23.5 Å². The highest BCUT2D eigenvalue weighted by molar-refractivity contribution is 6.04. The minimum absolute atomic E-state index is 0.00891. The zero-order chi connectivity index (χ0) is 15.7. The van der Waals surface area contributed by atoms with Gasteiger partial charge in [0.05, 0.1) is 5.69 Å². The Labute approximate surface area is 129 Å². The number of amides is 2. The molecule has 1 unspecified atom stereocenters. The highest BCUT2D eigenvalue weighted by Crippen LogP contribution is 2.36. The van der Waals surface area contributed by atoms with Crippen LogP contribution in [0.3, 0.4) is 0 Å². The van der Waals surface area contributed by atoms with Crippen LogP contribution < -0.4 is 15.4 Å². The Balaban J connectivity index is 1.87. The van der Waals surface area contributed by atoms with E-state index in [1.165, 1.54) is 4.90 Å². The van der Waals surface area contributed by atoms with Crippen molar-refractivity contribution in [3.05, 3.63) is 18.2 Å². The Hall–Kier alpha value is -2.24. The van der Waals surface area contributed by atoms with Crippen molar-refractivity contribution in [1.82, 2.24) is 4.90 Å². The third kappa shape index (κ3) is 2.61. The molecule has 0 saturated carbocycles. The lowest BCUT2D eigenvalue weighted by molar-refractivity contribution is -0.132. The van der Waals surface area contributed by atoms with Crippen molar-refractivity contribution in [2.24, 2.45) is 0 Å². The first-order chi connectivity index (χ1) is 10.6. The molecule has 0 aliphatic carbocycles. The van der Waals surface area contributed by atoms with Crippen LogP contribution in [-0.4, -0.2) is 42.5 Å². The van der Waals surface area contributed by atoms with E-state index in [-0.39, 0.29) is 18.4 Å². The minimum atomic E-state index is -0.555. The van der Waals surface area contributed by atoms with Gasteiger partial charge in [0.25, 0.3) is 5.91 Å². The summed E-state index contributed by atoms with van der Waals surface area (Å²) in [5.41, 5.74) is 6.99. The lowest BCUT2D eigenvalue weighted by Gasteiger charge is -2.34. The van der Waals surface area contributed by atoms with Gasteiger partial charge in [-0.1, -0.05) is 6.92 Å². The van der Waals surface area contributed by atoms with Crippen molar-refractivity contribution in [3.63, 3.8) is 0 Å². The number of carbonyl (C=O) groups excluding carboxylic acids is 2. The fourth-order valence-corrected chi connectivity index (χ4v) is 2.97. The molecule has 0 radical (unpaired) electrons. The number of ether oxygens (including phenoxy) is 1. The summed E-state index contributed by atoms with van der Waals surface area (Å²) in [7, 11) is 0. The molecule has 1 fully saturated rings. The number of rotatable bonds is 3. The quantitative estimate of drug-likeness (QED) is 0.856. The summed E-state index contributed by atoms with van der Waals surface area (Å²) in [6, 6.07) is 5.17. The number of hydrogen-bond donors (Lipinski definition) is 1. The summed E-state index contributed by atoms with van der Waals surface area (Å²) in [5, 5.41) is 0. The molecule has 22 heavy (non-hydrogen) atoms. The Bertz CT molecular complexity index is 596. The van der Waals surface area contributed by atoms with Crippen LogP contribution >= 0.6 is 0 Å². The first-order valence-electron chi connectivity index (χ1n) is 7.75. The molecule has 1 aromatic carbocycles. The summed E-state index contributed by atoms with van der Waals surface area (Å²) in [4.78, 5) is 28.3. The van der Waals surface area contributed by atoms with E-state index in [1.54, 1.807) is 18.2 Å².